The fourth-order valence-corrected chi connectivity index (χ4v) is 6.99. The molecule has 0 aliphatic rings. The highest BCUT2D eigenvalue weighted by Gasteiger charge is 2.28. The third-order valence-electron chi connectivity index (χ3n) is 9.86. The van der Waals surface area contributed by atoms with Gasteiger partial charge in [-0.25, -0.2) is 4.57 Å². The lowest BCUT2D eigenvalue weighted by atomic mass is 10.1. The van der Waals surface area contributed by atoms with Crippen molar-refractivity contribution in [3.8, 4) is 0 Å². The van der Waals surface area contributed by atoms with Gasteiger partial charge in [-0.2, -0.15) is 0 Å². The average Bonchev–Trinajstić information content (AvgIpc) is 3.20. The number of unbranched alkanes of at least 4 members (excludes halogenated alkanes) is 23. The van der Waals surface area contributed by atoms with Crippen molar-refractivity contribution in [3.63, 3.8) is 0 Å². The number of ether oxygens (including phenoxy) is 2. The largest absolute Gasteiger partial charge is 0.480 e. The summed E-state index contributed by atoms with van der Waals surface area (Å²) in [6.45, 7) is 2.77. The Hall–Kier alpha value is -2.30. The highest BCUT2D eigenvalue weighted by atomic mass is 31.2. The number of phosphoric acid groups is 1. The molecule has 338 valence electrons. The Morgan fingerprint density at radius 3 is 1.40 bits per heavy atom. The van der Waals surface area contributed by atoms with Gasteiger partial charge in [0.15, 0.2) is 6.10 Å². The van der Waals surface area contributed by atoms with Gasteiger partial charge in [-0.15, -0.1) is 0 Å². The van der Waals surface area contributed by atoms with Crippen LogP contribution < -0.4 is 5.73 Å². The molecule has 0 aromatic carbocycles. The van der Waals surface area contributed by atoms with Crippen molar-refractivity contribution in [2.24, 2.45) is 5.73 Å². The molecule has 0 radical (unpaired) electrons. The Labute approximate surface area is 353 Å². The van der Waals surface area contributed by atoms with E-state index in [1.807, 2.05) is 0 Å². The molecule has 0 saturated carbocycles. The molecule has 0 aromatic rings. The van der Waals surface area contributed by atoms with Crippen LogP contribution in [0.3, 0.4) is 0 Å². The number of carboxylic acid groups (broad SMARTS) is 1. The first-order valence-corrected chi connectivity index (χ1v) is 24.5. The standard InChI is InChI=1S/C46H84NO10P/c1-3-5-7-9-11-13-15-17-19-20-21-22-24-25-27-29-31-33-35-37-44(48)54-39-42(40-55-58(52,53)56-41-43(47)46(50)51)57-45(49)38-36-34-32-30-28-26-23-18-16-14-12-10-8-6-4-2/h17-19,23,28,30,42-43H,3-16,20-22,24-27,29,31-41,47H2,1-2H3,(H,50,51)(H,52,53)/b19-17+,23-18+,30-28+/t42-,43+/m1/s1. The van der Waals surface area contributed by atoms with Gasteiger partial charge in [0.25, 0.3) is 0 Å². The maximum atomic E-state index is 12.6. The monoisotopic (exact) mass is 842 g/mol. The minimum Gasteiger partial charge on any atom is -0.480 e. The average molecular weight is 842 g/mol. The van der Waals surface area contributed by atoms with Crippen LogP contribution >= 0.6 is 7.82 Å². The normalized spacial score (nSPS) is 14.0. The van der Waals surface area contributed by atoms with Crippen LogP contribution in [0.5, 0.6) is 0 Å². The second-order valence-electron chi connectivity index (χ2n) is 15.5. The molecule has 4 N–H and O–H groups in total. The van der Waals surface area contributed by atoms with Crippen LogP contribution in [0.25, 0.3) is 0 Å². The van der Waals surface area contributed by atoms with Gasteiger partial charge in [0.2, 0.25) is 0 Å². The number of carboxylic acids is 1. The van der Waals surface area contributed by atoms with E-state index >= 15 is 0 Å². The van der Waals surface area contributed by atoms with E-state index in [1.165, 1.54) is 122 Å². The van der Waals surface area contributed by atoms with Crippen molar-refractivity contribution in [3.05, 3.63) is 36.5 Å². The quantitative estimate of drug-likeness (QED) is 0.0231. The molecular weight excluding hydrogens is 757 g/mol. The molecule has 0 amide bonds. The topological polar surface area (TPSA) is 172 Å². The summed E-state index contributed by atoms with van der Waals surface area (Å²) in [6.07, 6.45) is 45.0. The van der Waals surface area contributed by atoms with Gasteiger partial charge in [0.05, 0.1) is 13.2 Å². The van der Waals surface area contributed by atoms with Crippen molar-refractivity contribution in [2.45, 2.75) is 219 Å². The van der Waals surface area contributed by atoms with Gasteiger partial charge in [0, 0.05) is 12.8 Å². The lowest BCUT2D eigenvalue weighted by Crippen LogP contribution is -2.34. The van der Waals surface area contributed by atoms with E-state index < -0.39 is 51.1 Å². The van der Waals surface area contributed by atoms with Crippen molar-refractivity contribution < 1.29 is 47.5 Å². The molecule has 12 heteroatoms. The van der Waals surface area contributed by atoms with E-state index in [1.54, 1.807) is 0 Å². The summed E-state index contributed by atoms with van der Waals surface area (Å²) in [4.78, 5) is 46.0. The zero-order valence-corrected chi connectivity index (χ0v) is 37.5. The number of allylic oxidation sites excluding steroid dienone is 6. The molecule has 0 heterocycles. The predicted molar refractivity (Wildman–Crippen MR) is 235 cm³/mol. The van der Waals surface area contributed by atoms with Crippen molar-refractivity contribution in [2.75, 3.05) is 19.8 Å². The van der Waals surface area contributed by atoms with Gasteiger partial charge < -0.3 is 25.2 Å². The molecule has 1 unspecified atom stereocenters. The number of phosphoric ester groups is 1. The van der Waals surface area contributed by atoms with Gasteiger partial charge in [-0.1, -0.05) is 159 Å². The molecule has 58 heavy (non-hydrogen) atoms. The number of hydrogen-bond acceptors (Lipinski definition) is 9. The second-order valence-corrected chi connectivity index (χ2v) is 17.0. The minimum atomic E-state index is -4.72. The maximum Gasteiger partial charge on any atom is 0.472 e. The molecular formula is C46H84NO10P. The summed E-state index contributed by atoms with van der Waals surface area (Å²) >= 11 is 0. The van der Waals surface area contributed by atoms with Crippen LogP contribution in [0.2, 0.25) is 0 Å². The zero-order valence-electron chi connectivity index (χ0n) is 36.6. The summed E-state index contributed by atoms with van der Waals surface area (Å²) in [5.74, 6) is -2.42. The Balaban J connectivity index is 4.35. The zero-order chi connectivity index (χ0) is 42.8. The minimum absolute atomic E-state index is 0.119. The molecule has 0 aliphatic heterocycles. The third kappa shape index (κ3) is 40.5. The number of carbonyl (C=O) groups is 3. The Morgan fingerprint density at radius 1 is 0.534 bits per heavy atom. The first kappa shape index (κ1) is 55.7. The predicted octanol–water partition coefficient (Wildman–Crippen LogP) is 12.4. The number of esters is 2. The molecule has 0 bridgehead atoms. The summed E-state index contributed by atoms with van der Waals surface area (Å²) in [5, 5.41) is 8.89. The van der Waals surface area contributed by atoms with Crippen molar-refractivity contribution >= 4 is 25.7 Å². The molecule has 0 fully saturated rings. The molecule has 0 aromatic heterocycles. The molecule has 0 rings (SSSR count). The van der Waals surface area contributed by atoms with E-state index in [9.17, 15) is 23.8 Å². The van der Waals surface area contributed by atoms with Crippen LogP contribution in [-0.2, 0) is 37.5 Å². The third-order valence-corrected chi connectivity index (χ3v) is 10.8. The maximum absolute atomic E-state index is 12.6. The number of hydrogen-bond donors (Lipinski definition) is 3. The first-order valence-electron chi connectivity index (χ1n) is 23.0. The molecule has 0 spiro atoms. The first-order chi connectivity index (χ1) is 28.1. The van der Waals surface area contributed by atoms with Gasteiger partial charge in [-0.3, -0.25) is 23.4 Å². The van der Waals surface area contributed by atoms with Crippen LogP contribution in [0.15, 0.2) is 36.5 Å². The fourth-order valence-electron chi connectivity index (χ4n) is 6.21. The SMILES string of the molecule is CCCCCCCC/C=C/C/C=C/CCCCC(=O)O[C@H](COC(=O)CCCCCCCCCCC/C=C/CCCCCCCC)COP(=O)(O)OC[C@H](N)C(=O)O. The van der Waals surface area contributed by atoms with E-state index in [0.29, 0.717) is 12.8 Å². The van der Waals surface area contributed by atoms with Crippen LogP contribution in [0, 0.1) is 0 Å². The Kier molecular flexibility index (Phi) is 39.8. The summed E-state index contributed by atoms with van der Waals surface area (Å²) < 4.78 is 32.7. The van der Waals surface area contributed by atoms with E-state index in [0.717, 1.165) is 44.9 Å². The Morgan fingerprint density at radius 2 is 0.914 bits per heavy atom. The second kappa shape index (κ2) is 41.4. The van der Waals surface area contributed by atoms with E-state index in [4.69, 9.17) is 24.8 Å². The van der Waals surface area contributed by atoms with Gasteiger partial charge in [-0.05, 0) is 70.6 Å². The summed E-state index contributed by atoms with van der Waals surface area (Å²) in [7, 11) is -4.72. The fraction of sp³-hybridized carbons (Fsp3) is 0.804. The molecule has 3 atom stereocenters. The van der Waals surface area contributed by atoms with E-state index in [-0.39, 0.29) is 19.4 Å². The van der Waals surface area contributed by atoms with Crippen LogP contribution in [-0.4, -0.2) is 59.9 Å². The molecule has 11 nitrogen and oxygen atoms in total. The number of rotatable bonds is 43. The lowest BCUT2D eigenvalue weighted by molar-refractivity contribution is -0.161. The van der Waals surface area contributed by atoms with Crippen LogP contribution in [0.1, 0.15) is 206 Å². The smallest absolute Gasteiger partial charge is 0.472 e. The highest BCUT2D eigenvalue weighted by Crippen LogP contribution is 2.43. The van der Waals surface area contributed by atoms with Gasteiger partial charge in [0.1, 0.15) is 12.6 Å². The summed E-state index contributed by atoms with van der Waals surface area (Å²) in [6, 6.07) is -1.53. The van der Waals surface area contributed by atoms with Crippen LogP contribution in [0.4, 0.5) is 0 Å². The number of carbonyl (C=O) groups excluding carboxylic acids is 2. The van der Waals surface area contributed by atoms with E-state index in [2.05, 4.69) is 54.8 Å². The molecule has 0 saturated heterocycles. The van der Waals surface area contributed by atoms with Gasteiger partial charge >= 0.3 is 25.7 Å². The highest BCUT2D eigenvalue weighted by molar-refractivity contribution is 7.47. The lowest BCUT2D eigenvalue weighted by Gasteiger charge is -2.20. The van der Waals surface area contributed by atoms with Crippen molar-refractivity contribution in [1.29, 1.82) is 0 Å². The molecule has 0 aliphatic carbocycles. The Bertz CT molecular complexity index is 1130. The number of aliphatic carboxylic acids is 1. The van der Waals surface area contributed by atoms with Crippen molar-refractivity contribution in [1.82, 2.24) is 0 Å². The number of nitrogens with two attached hydrogens (primary N) is 1. The summed E-state index contributed by atoms with van der Waals surface area (Å²) in [5.41, 5.74) is 5.33.